The van der Waals surface area contributed by atoms with Gasteiger partial charge in [-0.3, -0.25) is 19.8 Å². The Labute approximate surface area is 189 Å². The lowest BCUT2D eigenvalue weighted by molar-refractivity contribution is -0.130. The molecule has 0 aliphatic carbocycles. The van der Waals surface area contributed by atoms with Gasteiger partial charge < -0.3 is 13.7 Å². The lowest BCUT2D eigenvalue weighted by Crippen LogP contribution is -2.53. The highest BCUT2D eigenvalue weighted by atomic mass is 16.5. The van der Waals surface area contributed by atoms with E-state index in [1.54, 1.807) is 36.4 Å². The summed E-state index contributed by atoms with van der Waals surface area (Å²) < 4.78 is 11.9. The average Bonchev–Trinajstić information content (AvgIpc) is 3.41. The summed E-state index contributed by atoms with van der Waals surface area (Å²) in [5, 5.41) is 2.20. The van der Waals surface area contributed by atoms with E-state index < -0.39 is 23.8 Å². The summed E-state index contributed by atoms with van der Waals surface area (Å²) in [6.07, 6.45) is 2.91. The summed E-state index contributed by atoms with van der Waals surface area (Å²) in [6.45, 7) is 3.65. The monoisotopic (exact) mass is 447 g/mol. The molecule has 3 aromatic rings. The topological polar surface area (TPSA) is 111 Å². The van der Waals surface area contributed by atoms with Crippen LogP contribution in [0.15, 0.2) is 58.7 Å². The number of nitrogens with zero attached hydrogens (tertiary/aromatic N) is 2. The Morgan fingerprint density at radius 3 is 2.48 bits per heavy atom. The van der Waals surface area contributed by atoms with E-state index >= 15 is 0 Å². The van der Waals surface area contributed by atoms with Gasteiger partial charge >= 0.3 is 12.0 Å². The van der Waals surface area contributed by atoms with Crippen LogP contribution in [0.2, 0.25) is 0 Å². The maximum absolute atomic E-state index is 13.0. The number of aromatic nitrogens is 1. The molecule has 9 nitrogen and oxygen atoms in total. The Bertz CT molecular complexity index is 1280. The summed E-state index contributed by atoms with van der Waals surface area (Å²) in [6, 6.07) is 11.2. The predicted octanol–water partition coefficient (Wildman–Crippen LogP) is 3.14. The number of benzene rings is 1. The van der Waals surface area contributed by atoms with Gasteiger partial charge in [0.25, 0.3) is 11.8 Å². The molecule has 33 heavy (non-hydrogen) atoms. The Hall–Kier alpha value is -4.40. The maximum Gasteiger partial charge on any atom is 0.337 e. The van der Waals surface area contributed by atoms with E-state index in [0.29, 0.717) is 16.9 Å². The van der Waals surface area contributed by atoms with Gasteiger partial charge in [-0.05, 0) is 68.0 Å². The minimum Gasteiger partial charge on any atom is -0.467 e. The summed E-state index contributed by atoms with van der Waals surface area (Å²) in [5.74, 6) is -1.47. The average molecular weight is 447 g/mol. The fourth-order valence-corrected chi connectivity index (χ4v) is 3.75. The van der Waals surface area contributed by atoms with Gasteiger partial charge in [-0.2, -0.15) is 0 Å². The first-order valence-electron chi connectivity index (χ1n) is 10.1. The Balaban J connectivity index is 1.67. The number of rotatable bonds is 5. The molecular formula is C24H21N3O6. The molecule has 0 unspecified atom stereocenters. The second-order valence-electron chi connectivity index (χ2n) is 7.49. The first kappa shape index (κ1) is 21.8. The van der Waals surface area contributed by atoms with E-state index in [4.69, 9.17) is 9.15 Å². The number of furan rings is 1. The minimum absolute atomic E-state index is 0.0894. The smallest absolute Gasteiger partial charge is 0.337 e. The first-order valence-corrected chi connectivity index (χ1v) is 10.1. The van der Waals surface area contributed by atoms with Crippen molar-refractivity contribution >= 4 is 29.9 Å². The summed E-state index contributed by atoms with van der Waals surface area (Å²) in [7, 11) is 1.32. The molecule has 1 fully saturated rings. The number of urea groups is 1. The van der Waals surface area contributed by atoms with Gasteiger partial charge in [0, 0.05) is 17.1 Å². The molecule has 168 valence electrons. The van der Waals surface area contributed by atoms with Crippen LogP contribution < -0.4 is 5.32 Å². The number of hydrogen-bond donors (Lipinski definition) is 1. The Morgan fingerprint density at radius 2 is 1.85 bits per heavy atom. The van der Waals surface area contributed by atoms with Crippen LogP contribution in [0.1, 0.15) is 33.1 Å². The van der Waals surface area contributed by atoms with Crippen molar-refractivity contribution in [2.45, 2.75) is 20.4 Å². The van der Waals surface area contributed by atoms with Crippen LogP contribution in [0.4, 0.5) is 4.79 Å². The molecule has 0 radical (unpaired) electrons. The third kappa shape index (κ3) is 4.08. The summed E-state index contributed by atoms with van der Waals surface area (Å²) >= 11 is 0. The van der Waals surface area contributed by atoms with E-state index in [0.717, 1.165) is 22.0 Å². The quantitative estimate of drug-likeness (QED) is 0.365. The van der Waals surface area contributed by atoms with E-state index in [1.807, 2.05) is 24.5 Å². The van der Waals surface area contributed by atoms with Gasteiger partial charge in [-0.15, -0.1) is 0 Å². The van der Waals surface area contributed by atoms with Crippen LogP contribution >= 0.6 is 0 Å². The van der Waals surface area contributed by atoms with Crippen molar-refractivity contribution in [2.75, 3.05) is 7.11 Å². The van der Waals surface area contributed by atoms with E-state index in [1.165, 1.54) is 19.4 Å². The van der Waals surface area contributed by atoms with Gasteiger partial charge in [0.2, 0.25) is 0 Å². The fraction of sp³-hybridized carbons (Fsp3) is 0.167. The number of carbonyl (C=O) groups excluding carboxylic acids is 4. The summed E-state index contributed by atoms with van der Waals surface area (Å²) in [5.41, 5.74) is 3.37. The molecule has 0 saturated carbocycles. The number of aryl methyl sites for hydroxylation is 1. The van der Waals surface area contributed by atoms with Crippen molar-refractivity contribution in [3.05, 3.63) is 82.6 Å². The normalized spacial score (nSPS) is 15.2. The van der Waals surface area contributed by atoms with Gasteiger partial charge in [0.1, 0.15) is 11.3 Å². The number of amides is 4. The van der Waals surface area contributed by atoms with Crippen LogP contribution in [0.3, 0.4) is 0 Å². The lowest BCUT2D eigenvalue weighted by atomic mass is 10.1. The van der Waals surface area contributed by atoms with Crippen LogP contribution in [0.25, 0.3) is 11.8 Å². The number of methoxy groups -OCH3 is 1. The first-order chi connectivity index (χ1) is 15.8. The van der Waals surface area contributed by atoms with Crippen molar-refractivity contribution in [1.82, 2.24) is 14.8 Å². The Kier molecular flexibility index (Phi) is 5.70. The molecule has 1 saturated heterocycles. The second kappa shape index (κ2) is 8.62. The van der Waals surface area contributed by atoms with Crippen LogP contribution in [0.5, 0.6) is 0 Å². The molecule has 1 N–H and O–H groups in total. The van der Waals surface area contributed by atoms with Gasteiger partial charge in [-0.25, -0.2) is 9.59 Å². The van der Waals surface area contributed by atoms with Crippen LogP contribution in [-0.4, -0.2) is 40.4 Å². The van der Waals surface area contributed by atoms with E-state index in [-0.39, 0.29) is 12.1 Å². The molecule has 0 spiro atoms. The number of esters is 1. The molecule has 1 aliphatic rings. The highest BCUT2D eigenvalue weighted by molar-refractivity contribution is 6.31. The number of imide groups is 2. The van der Waals surface area contributed by atoms with Crippen molar-refractivity contribution in [3.8, 4) is 5.69 Å². The van der Waals surface area contributed by atoms with Crippen molar-refractivity contribution in [1.29, 1.82) is 0 Å². The second-order valence-corrected chi connectivity index (χ2v) is 7.49. The highest BCUT2D eigenvalue weighted by Crippen LogP contribution is 2.25. The van der Waals surface area contributed by atoms with E-state index in [9.17, 15) is 19.2 Å². The van der Waals surface area contributed by atoms with Gasteiger partial charge in [-0.1, -0.05) is 0 Å². The van der Waals surface area contributed by atoms with Gasteiger partial charge in [0.05, 0.1) is 25.5 Å². The Morgan fingerprint density at radius 1 is 1.12 bits per heavy atom. The zero-order chi connectivity index (χ0) is 23.7. The van der Waals surface area contributed by atoms with Crippen LogP contribution in [-0.2, 0) is 20.9 Å². The van der Waals surface area contributed by atoms with Crippen molar-refractivity contribution in [2.24, 2.45) is 0 Å². The molecule has 1 aliphatic heterocycles. The molecule has 1 aromatic carbocycles. The molecule has 4 amide bonds. The number of ether oxygens (including phenoxy) is 1. The molecule has 0 bridgehead atoms. The largest absolute Gasteiger partial charge is 0.467 e. The molecule has 0 atom stereocenters. The predicted molar refractivity (Wildman–Crippen MR) is 117 cm³/mol. The highest BCUT2D eigenvalue weighted by Gasteiger charge is 2.36. The fourth-order valence-electron chi connectivity index (χ4n) is 3.75. The molecule has 2 aromatic heterocycles. The van der Waals surface area contributed by atoms with Gasteiger partial charge in [0.15, 0.2) is 0 Å². The number of hydrogen-bond acceptors (Lipinski definition) is 6. The maximum atomic E-state index is 13.0. The molecule has 3 heterocycles. The molecule has 4 rings (SSSR count). The zero-order valence-corrected chi connectivity index (χ0v) is 18.2. The van der Waals surface area contributed by atoms with Crippen molar-refractivity contribution in [3.63, 3.8) is 0 Å². The standard InChI is InChI=1S/C24H21N3O6/c1-14-11-17(15(2)27(14)18-8-6-16(7-9-18)23(30)32-3)12-20-21(28)25-24(31)26(22(20)29)13-19-5-4-10-33-19/h4-12H,13H2,1-3H3,(H,25,28,31)/b20-12+. The lowest BCUT2D eigenvalue weighted by Gasteiger charge is -2.25. The third-order valence-corrected chi connectivity index (χ3v) is 5.40. The SMILES string of the molecule is COC(=O)c1ccc(-n2c(C)cc(/C=C3\C(=O)NC(=O)N(Cc4ccco4)C3=O)c2C)cc1. The summed E-state index contributed by atoms with van der Waals surface area (Å²) in [4.78, 5) is 50.2. The van der Waals surface area contributed by atoms with Crippen molar-refractivity contribution < 1.29 is 28.3 Å². The van der Waals surface area contributed by atoms with Crippen LogP contribution in [0, 0.1) is 13.8 Å². The molecule has 9 heteroatoms. The molecular weight excluding hydrogens is 426 g/mol. The number of nitrogens with one attached hydrogen (secondary N) is 1. The number of barbiturate groups is 1. The third-order valence-electron chi connectivity index (χ3n) is 5.40. The zero-order valence-electron chi connectivity index (χ0n) is 18.2. The number of carbonyl (C=O) groups is 4. The minimum atomic E-state index is -0.797. The van der Waals surface area contributed by atoms with E-state index in [2.05, 4.69) is 5.32 Å².